The van der Waals surface area contributed by atoms with E-state index >= 15 is 0 Å². The molecular weight excluding hydrogens is 457 g/mol. The van der Waals surface area contributed by atoms with Crippen molar-refractivity contribution in [3.05, 3.63) is 30.6 Å². The summed E-state index contributed by atoms with van der Waals surface area (Å²) in [6.45, 7) is 0. The molecule has 0 saturated heterocycles. The van der Waals surface area contributed by atoms with Crippen molar-refractivity contribution in [2.45, 2.75) is 0 Å². The Morgan fingerprint density at radius 1 is 0.800 bits per heavy atom. The zero-order valence-electron chi connectivity index (χ0n) is 6.45. The Labute approximate surface area is 104 Å². The second kappa shape index (κ2) is 37.6. The van der Waals surface area contributed by atoms with Crippen LogP contribution in [0.5, 0.6) is 0 Å². The van der Waals surface area contributed by atoms with Crippen LogP contribution in [0.2, 0.25) is 0 Å². The first-order chi connectivity index (χ1) is 6.29. The molecule has 0 rings (SSSR count). The Morgan fingerprint density at radius 3 is 0.800 bits per heavy atom. The van der Waals surface area contributed by atoms with Gasteiger partial charge in [0.2, 0.25) is 0 Å². The predicted molar refractivity (Wildman–Crippen MR) is 46.1 cm³/mol. The Balaban J connectivity index is -0.0000000293. The molecule has 0 aliphatic carbocycles. The molecule has 0 atom stereocenters. The van der Waals surface area contributed by atoms with E-state index in [9.17, 15) is 0 Å². The van der Waals surface area contributed by atoms with Gasteiger partial charge in [-0.05, 0) is 0 Å². The smallest absolute Gasteiger partial charge is 0.356 e. The van der Waals surface area contributed by atoms with Gasteiger partial charge in [-0.1, -0.05) is 0 Å². The largest absolute Gasteiger partial charge is 2.00 e. The Kier molecular flexibility index (Phi) is 73.3. The molecule has 0 saturated carbocycles. The van der Waals surface area contributed by atoms with Crippen molar-refractivity contribution in [2.75, 3.05) is 0 Å². The number of nitrogens with zero attached hydrogens (tertiary/aromatic N) is 2. The van der Waals surface area contributed by atoms with E-state index in [-0.39, 0.29) is 27.3 Å². The topological polar surface area (TPSA) is 207 Å². The van der Waals surface area contributed by atoms with E-state index in [1.54, 1.807) is 0 Å². The minimum atomic E-state index is -1.75. The van der Waals surface area contributed by atoms with Crippen molar-refractivity contribution < 1.29 is 29.1 Å². The van der Waals surface area contributed by atoms with Crippen LogP contribution < -0.4 is 0 Å². The van der Waals surface area contributed by atoms with E-state index in [0.29, 0.717) is 0 Å². The van der Waals surface area contributed by atoms with Crippen LogP contribution in [-0.2, 0) is 9.13 Å². The summed E-state index contributed by atoms with van der Waals surface area (Å²) in [6, 6.07) is 0. The molecule has 15 heteroatoms. The zero-order chi connectivity index (χ0) is 12.6. The molecule has 15 heavy (non-hydrogen) atoms. The Bertz CT molecular complexity index is 134. The fraction of sp³-hybridized carbons (Fsp3) is 0. The van der Waals surface area contributed by atoms with E-state index in [4.69, 9.17) is 49.6 Å². The summed E-state index contributed by atoms with van der Waals surface area (Å²) >= 11 is 0. The van der Waals surface area contributed by atoms with Crippen molar-refractivity contribution in [3.63, 3.8) is 0 Å². The van der Waals surface area contributed by atoms with Crippen molar-refractivity contribution in [1.82, 2.24) is 0 Å². The number of hydrogen-bond donors (Lipinski definition) is 2. The fourth-order valence-corrected chi connectivity index (χ4v) is 0. The van der Waals surface area contributed by atoms with Gasteiger partial charge in [0.05, 0.1) is 10.2 Å². The van der Waals surface area contributed by atoms with Crippen LogP contribution in [0.3, 0.4) is 0 Å². The number of rotatable bonds is 0. The molecule has 0 unspecified atom stereocenters. The molecule has 0 amide bonds. The Hall–Kier alpha value is -0.558. The zero-order valence-corrected chi connectivity index (χ0v) is 12.1. The minimum absolute atomic E-state index is 0. The van der Waals surface area contributed by atoms with Gasteiger partial charge in [0.25, 0.3) is 0 Å². The maximum atomic E-state index is 8.46. The van der Waals surface area contributed by atoms with Gasteiger partial charge in [0.15, 0.2) is 0 Å². The van der Waals surface area contributed by atoms with Gasteiger partial charge in [0, 0.05) is 0 Å². The summed E-state index contributed by atoms with van der Waals surface area (Å²) in [6.07, 6.45) is 0. The molecule has 12 nitrogen and oxygen atoms in total. The molecule has 2 N–H and O–H groups in total. The Morgan fingerprint density at radius 2 is 0.800 bits per heavy atom. The molecule has 86 valence electrons. The summed E-state index contributed by atoms with van der Waals surface area (Å²) in [7, 11) is -1.67. The van der Waals surface area contributed by atoms with Gasteiger partial charge in [-0.2, -0.15) is 0 Å². The van der Waals surface area contributed by atoms with E-state index in [0.717, 1.165) is 0 Å². The second-order valence-electron chi connectivity index (χ2n) is 0.611. The van der Waals surface area contributed by atoms with Gasteiger partial charge in [-0.3, -0.25) is 0 Å². The summed E-state index contributed by atoms with van der Waals surface area (Å²) in [4.78, 5) is 30.5. The monoisotopic (exact) mass is 460 g/mol. The van der Waals surface area contributed by atoms with Crippen LogP contribution in [0.4, 0.5) is 0 Å². The SMILES string of the molecule is O=PO.O=PO.O=[N+]([O-])[O-].O=[N+]([O-])[O-].[Pb+2]. The fourth-order valence-electron chi connectivity index (χ4n) is 0. The van der Waals surface area contributed by atoms with Gasteiger partial charge < -0.3 is 40.4 Å². The van der Waals surface area contributed by atoms with E-state index in [2.05, 4.69) is 0 Å². The van der Waals surface area contributed by atoms with Crippen LogP contribution in [0.1, 0.15) is 0 Å². The third-order valence-electron chi connectivity index (χ3n) is 0. The van der Waals surface area contributed by atoms with E-state index in [1.807, 2.05) is 0 Å². The maximum Gasteiger partial charge on any atom is 2.00 e. The van der Waals surface area contributed by atoms with Crippen molar-refractivity contribution >= 4 is 44.7 Å². The van der Waals surface area contributed by atoms with Gasteiger partial charge >= 0.3 is 44.7 Å². The first kappa shape index (κ1) is 29.3. The van der Waals surface area contributed by atoms with Crippen molar-refractivity contribution in [3.8, 4) is 0 Å². The van der Waals surface area contributed by atoms with Gasteiger partial charge in [-0.25, -0.2) is 9.13 Å². The standard InChI is InChI=1S/2NO3.2HO2P.Pb/c2*2-1(3)4;2*1-3-2;/h;;2*(H,1,2);/q2*-1;;;+2. The van der Waals surface area contributed by atoms with Crippen molar-refractivity contribution in [2.24, 2.45) is 0 Å². The van der Waals surface area contributed by atoms with Crippen LogP contribution in [0, 0.1) is 30.6 Å². The van der Waals surface area contributed by atoms with Crippen LogP contribution >= 0.6 is 17.4 Å². The summed E-state index contributed by atoms with van der Waals surface area (Å²) in [5, 5.41) is 29.5. The molecule has 0 aliphatic heterocycles. The van der Waals surface area contributed by atoms with Crippen molar-refractivity contribution in [1.29, 1.82) is 0 Å². The van der Waals surface area contributed by atoms with Crippen LogP contribution in [-0.4, -0.2) is 47.3 Å². The molecule has 0 aliphatic rings. The van der Waals surface area contributed by atoms with Gasteiger partial charge in [-0.15, -0.1) is 0 Å². The first-order valence-corrected chi connectivity index (χ1v) is 3.39. The third kappa shape index (κ3) is 5650. The predicted octanol–water partition coefficient (Wildman–Crippen LogP) is -0.488. The van der Waals surface area contributed by atoms with E-state index in [1.165, 1.54) is 0 Å². The average molecular weight is 459 g/mol. The molecule has 0 spiro atoms. The summed E-state index contributed by atoms with van der Waals surface area (Å²) in [5.74, 6) is 0. The third-order valence-corrected chi connectivity index (χ3v) is 0. The molecule has 0 bridgehead atoms. The summed E-state index contributed by atoms with van der Waals surface area (Å²) < 4.78 is 16.9. The average Bonchev–Trinajstić information content (AvgIpc) is 1.85. The van der Waals surface area contributed by atoms with Crippen LogP contribution in [0.25, 0.3) is 0 Å². The van der Waals surface area contributed by atoms with Crippen LogP contribution in [0.15, 0.2) is 0 Å². The molecule has 0 heterocycles. The second-order valence-corrected chi connectivity index (χ2v) is 0.937. The van der Waals surface area contributed by atoms with E-state index < -0.39 is 27.5 Å². The summed E-state index contributed by atoms with van der Waals surface area (Å²) in [5.41, 5.74) is 0. The molecule has 0 aromatic heterocycles. The minimum Gasteiger partial charge on any atom is -0.356 e. The first-order valence-electron chi connectivity index (χ1n) is 1.86. The molecule has 0 aromatic carbocycles. The normalized spacial score (nSPS) is 6.00. The number of hydrogen-bond acceptors (Lipinski definition) is 8. The van der Waals surface area contributed by atoms with Gasteiger partial charge in [0.1, 0.15) is 0 Å². The molecular formula is H2N2O10P2Pb. The molecule has 2 radical (unpaired) electrons. The molecule has 0 aromatic rings. The maximum absolute atomic E-state index is 8.46. The molecule has 0 fully saturated rings. The quantitative estimate of drug-likeness (QED) is 0.206.